The van der Waals surface area contributed by atoms with Crippen molar-refractivity contribution in [3.05, 3.63) is 58.5 Å². The van der Waals surface area contributed by atoms with Gasteiger partial charge in [-0.3, -0.25) is 9.78 Å². The molecule has 4 N–H and O–H groups in total. The molecule has 0 unspecified atom stereocenters. The van der Waals surface area contributed by atoms with Crippen LogP contribution in [0.1, 0.15) is 43.5 Å². The number of hydrogen-bond donors (Lipinski definition) is 2. The van der Waals surface area contributed by atoms with Gasteiger partial charge in [0.2, 0.25) is 0 Å². The van der Waals surface area contributed by atoms with Crippen molar-refractivity contribution >= 4 is 34.9 Å². The highest BCUT2D eigenvalue weighted by Gasteiger charge is 2.40. The smallest absolute Gasteiger partial charge is 0.272 e. The zero-order valence-corrected chi connectivity index (χ0v) is 18.9. The Morgan fingerprint density at radius 1 is 1.24 bits per heavy atom. The summed E-state index contributed by atoms with van der Waals surface area (Å²) in [5.74, 6) is -2.94. The van der Waals surface area contributed by atoms with Crippen LogP contribution in [0.5, 0.6) is 0 Å². The molecule has 0 aromatic carbocycles. The molecule has 0 radical (unpaired) electrons. The van der Waals surface area contributed by atoms with Gasteiger partial charge in [-0.25, -0.2) is 18.2 Å². The number of halogens is 4. The quantitative estimate of drug-likeness (QED) is 0.379. The minimum absolute atomic E-state index is 0.0580. The van der Waals surface area contributed by atoms with Gasteiger partial charge in [-0.15, -0.1) is 0 Å². The van der Waals surface area contributed by atoms with E-state index < -0.39 is 11.6 Å². The largest absolute Gasteiger partial charge is 0.398 e. The number of rotatable bonds is 5. The van der Waals surface area contributed by atoms with Crippen LogP contribution in [0.4, 0.5) is 19.0 Å². The predicted octanol–water partition coefficient (Wildman–Crippen LogP) is 4.04. The predicted molar refractivity (Wildman–Crippen MR) is 121 cm³/mol. The van der Waals surface area contributed by atoms with Gasteiger partial charge in [0.1, 0.15) is 0 Å². The molecule has 7 nitrogen and oxygen atoms in total. The molecule has 33 heavy (non-hydrogen) atoms. The number of allylic oxidation sites excluding steroid dienone is 1. The number of nitrogens with zero attached hydrogens (tertiary/aromatic N) is 4. The molecule has 0 aliphatic carbocycles. The SMILES string of the molecule is CC(=O)C=C(N)c1cnc(C2(F)CCN(C(N)=Nc3ccc(C(C)(F)F)cn3)CC2)c(Cl)c1. The molecule has 0 bridgehead atoms. The van der Waals surface area contributed by atoms with Crippen molar-refractivity contribution in [2.24, 2.45) is 16.5 Å². The number of carbonyl (C=O) groups excluding carboxylic acids is 1. The van der Waals surface area contributed by atoms with Crippen molar-refractivity contribution in [1.29, 1.82) is 0 Å². The number of guanidine groups is 1. The zero-order chi connectivity index (χ0) is 24.4. The van der Waals surface area contributed by atoms with Crippen LogP contribution < -0.4 is 11.5 Å². The van der Waals surface area contributed by atoms with Crippen LogP contribution in [0.3, 0.4) is 0 Å². The first-order chi connectivity index (χ1) is 15.4. The fourth-order valence-corrected chi connectivity index (χ4v) is 3.79. The highest BCUT2D eigenvalue weighted by Crippen LogP contribution is 2.39. The van der Waals surface area contributed by atoms with Gasteiger partial charge >= 0.3 is 0 Å². The van der Waals surface area contributed by atoms with Crippen molar-refractivity contribution in [2.75, 3.05) is 13.1 Å². The molecule has 0 saturated carbocycles. The molecule has 3 rings (SSSR count). The molecule has 1 fully saturated rings. The van der Waals surface area contributed by atoms with E-state index in [1.807, 2.05) is 0 Å². The van der Waals surface area contributed by atoms with Crippen LogP contribution in [0.2, 0.25) is 5.02 Å². The van der Waals surface area contributed by atoms with E-state index in [-0.39, 0.29) is 65.5 Å². The number of carbonyl (C=O) groups is 1. The van der Waals surface area contributed by atoms with Crippen LogP contribution in [0.15, 0.2) is 41.7 Å². The Bertz CT molecular complexity index is 1090. The average Bonchev–Trinajstić information content (AvgIpc) is 2.73. The summed E-state index contributed by atoms with van der Waals surface area (Å²) >= 11 is 6.29. The lowest BCUT2D eigenvalue weighted by atomic mass is 9.89. The first kappa shape index (κ1) is 24.5. The summed E-state index contributed by atoms with van der Waals surface area (Å²) in [6.45, 7) is 2.63. The topological polar surface area (TPSA) is 110 Å². The van der Waals surface area contributed by atoms with E-state index in [1.54, 1.807) is 4.90 Å². The van der Waals surface area contributed by atoms with Gasteiger partial charge in [-0.1, -0.05) is 11.6 Å². The summed E-state index contributed by atoms with van der Waals surface area (Å²) in [6, 6.07) is 4.06. The second-order valence-electron chi connectivity index (χ2n) is 7.98. The molecule has 1 aliphatic rings. The third-order valence-electron chi connectivity index (χ3n) is 5.32. The third kappa shape index (κ3) is 5.81. The number of ketones is 1. The van der Waals surface area contributed by atoms with Gasteiger partial charge < -0.3 is 16.4 Å². The Kier molecular flexibility index (Phi) is 6.97. The molecule has 2 aromatic heterocycles. The van der Waals surface area contributed by atoms with E-state index in [2.05, 4.69) is 15.0 Å². The summed E-state index contributed by atoms with van der Waals surface area (Å²) in [5.41, 5.74) is 10.6. The Labute approximate surface area is 194 Å². The molecule has 176 valence electrons. The minimum atomic E-state index is -3.00. The van der Waals surface area contributed by atoms with Gasteiger partial charge in [0, 0.05) is 68.1 Å². The van der Waals surface area contributed by atoms with Gasteiger partial charge in [-0.2, -0.15) is 4.99 Å². The van der Waals surface area contributed by atoms with E-state index in [9.17, 15) is 13.6 Å². The van der Waals surface area contributed by atoms with Crippen molar-refractivity contribution in [2.45, 2.75) is 38.3 Å². The van der Waals surface area contributed by atoms with E-state index in [4.69, 9.17) is 23.1 Å². The Morgan fingerprint density at radius 2 is 1.91 bits per heavy atom. The summed E-state index contributed by atoms with van der Waals surface area (Å²) < 4.78 is 42.3. The van der Waals surface area contributed by atoms with E-state index in [0.29, 0.717) is 5.56 Å². The number of piperidine rings is 1. The highest BCUT2D eigenvalue weighted by atomic mass is 35.5. The number of aliphatic imine (C=N–C) groups is 1. The number of alkyl halides is 3. The second kappa shape index (κ2) is 9.38. The molecule has 1 aliphatic heterocycles. The van der Waals surface area contributed by atoms with Gasteiger partial charge in [-0.05, 0) is 25.1 Å². The first-order valence-corrected chi connectivity index (χ1v) is 10.5. The molecular weight excluding hydrogens is 457 g/mol. The van der Waals surface area contributed by atoms with Crippen molar-refractivity contribution < 1.29 is 18.0 Å². The Morgan fingerprint density at radius 3 is 2.42 bits per heavy atom. The maximum absolute atomic E-state index is 15.7. The molecule has 0 amide bonds. The lowest BCUT2D eigenvalue weighted by Gasteiger charge is -2.36. The summed E-state index contributed by atoms with van der Waals surface area (Å²) in [6.07, 6.45) is 3.79. The standard InChI is InChI=1S/C22H24ClF3N6O/c1-13(33)9-17(27)14-10-16(23)19(30-11-14)22(26)5-7-32(8-6-22)20(28)31-18-4-3-15(12-29-18)21(2,24)25/h3-4,9-12H,5-8,27H2,1-2H3,(H2,28,29,31). The van der Waals surface area contributed by atoms with Crippen LogP contribution in [0.25, 0.3) is 5.70 Å². The van der Waals surface area contributed by atoms with Crippen molar-refractivity contribution in [3.63, 3.8) is 0 Å². The van der Waals surface area contributed by atoms with E-state index in [1.165, 1.54) is 37.4 Å². The third-order valence-corrected chi connectivity index (χ3v) is 5.61. The second-order valence-corrected chi connectivity index (χ2v) is 8.39. The molecule has 1 saturated heterocycles. The Balaban J connectivity index is 1.70. The van der Waals surface area contributed by atoms with Gasteiger partial charge in [0.05, 0.1) is 10.7 Å². The number of aromatic nitrogens is 2. The van der Waals surface area contributed by atoms with E-state index >= 15 is 4.39 Å². The van der Waals surface area contributed by atoms with Crippen molar-refractivity contribution in [1.82, 2.24) is 14.9 Å². The molecule has 0 spiro atoms. The van der Waals surface area contributed by atoms with Crippen LogP contribution in [0, 0.1) is 0 Å². The maximum Gasteiger partial charge on any atom is 0.272 e. The van der Waals surface area contributed by atoms with Crippen LogP contribution >= 0.6 is 11.6 Å². The Hall–Kier alpha value is -3.14. The van der Waals surface area contributed by atoms with Gasteiger partial charge in [0.25, 0.3) is 5.92 Å². The lowest BCUT2D eigenvalue weighted by Crippen LogP contribution is -2.46. The molecule has 3 heterocycles. The monoisotopic (exact) mass is 480 g/mol. The summed E-state index contributed by atoms with van der Waals surface area (Å²) in [7, 11) is 0. The van der Waals surface area contributed by atoms with Crippen LogP contribution in [-0.2, 0) is 16.4 Å². The van der Waals surface area contributed by atoms with E-state index in [0.717, 1.165) is 13.1 Å². The normalized spacial score (nSPS) is 17.2. The maximum atomic E-state index is 15.7. The number of hydrogen-bond acceptors (Lipinski definition) is 5. The summed E-state index contributed by atoms with van der Waals surface area (Å²) in [4.78, 5) is 25.1. The fourth-order valence-electron chi connectivity index (χ4n) is 3.45. The average molecular weight is 481 g/mol. The number of nitrogens with two attached hydrogens (primary N) is 2. The highest BCUT2D eigenvalue weighted by molar-refractivity contribution is 6.31. The molecule has 0 atom stereocenters. The van der Waals surface area contributed by atoms with Crippen molar-refractivity contribution in [3.8, 4) is 0 Å². The van der Waals surface area contributed by atoms with Crippen LogP contribution in [-0.4, -0.2) is 39.7 Å². The summed E-state index contributed by atoms with van der Waals surface area (Å²) in [5, 5.41) is 0.113. The lowest BCUT2D eigenvalue weighted by molar-refractivity contribution is -0.112. The minimum Gasteiger partial charge on any atom is -0.398 e. The zero-order valence-electron chi connectivity index (χ0n) is 18.2. The fraction of sp³-hybridized carbons (Fsp3) is 0.364. The molecule has 11 heteroatoms. The van der Waals surface area contributed by atoms with Gasteiger partial charge in [0.15, 0.2) is 23.2 Å². The number of pyridine rings is 2. The number of likely N-dealkylation sites (tertiary alicyclic amines) is 1. The molecular formula is C22H24ClF3N6O. The first-order valence-electron chi connectivity index (χ1n) is 10.2. The molecule has 2 aromatic rings.